The van der Waals surface area contributed by atoms with Crippen molar-refractivity contribution >= 4 is 6.09 Å². The van der Waals surface area contributed by atoms with Crippen LogP contribution in [-0.2, 0) is 0 Å². The van der Waals surface area contributed by atoms with Gasteiger partial charge in [0.1, 0.15) is 0 Å². The molecule has 1 amide bonds. The summed E-state index contributed by atoms with van der Waals surface area (Å²) in [5.74, 6) is 0. The van der Waals surface area contributed by atoms with E-state index in [4.69, 9.17) is 5.11 Å². The van der Waals surface area contributed by atoms with E-state index in [0.717, 1.165) is 0 Å². The normalized spacial score (nSPS) is 12.7. The molecule has 0 radical (unpaired) electrons. The summed E-state index contributed by atoms with van der Waals surface area (Å²) >= 11 is 0. The molecule has 0 aliphatic rings. The van der Waals surface area contributed by atoms with E-state index >= 15 is 0 Å². The fourth-order valence-electron chi connectivity index (χ4n) is 1.34. The molecule has 0 rings (SSSR count). The molecule has 0 saturated carbocycles. The number of rotatable bonds is 2. The Balaban J connectivity index is 4.40. The van der Waals surface area contributed by atoms with Gasteiger partial charge in [0.25, 0.3) is 0 Å². The molecular formula is C11H23NO2. The molecule has 1 N–H and O–H groups in total. The molecule has 0 bridgehead atoms. The fourth-order valence-corrected chi connectivity index (χ4v) is 1.34. The van der Waals surface area contributed by atoms with Gasteiger partial charge >= 0.3 is 6.09 Å². The fraction of sp³-hybridized carbons (Fsp3) is 0.909. The lowest BCUT2D eigenvalue weighted by molar-refractivity contribution is 0.106. The minimum atomic E-state index is -0.824. The molecule has 0 aliphatic carbocycles. The van der Waals surface area contributed by atoms with Crippen molar-refractivity contribution in [2.45, 2.75) is 41.5 Å². The van der Waals surface area contributed by atoms with Crippen LogP contribution in [0.2, 0.25) is 0 Å². The van der Waals surface area contributed by atoms with Crippen LogP contribution in [0.4, 0.5) is 4.79 Å². The number of carboxylic acid groups (broad SMARTS) is 1. The smallest absolute Gasteiger partial charge is 0.407 e. The van der Waals surface area contributed by atoms with Crippen molar-refractivity contribution in [2.24, 2.45) is 10.8 Å². The summed E-state index contributed by atoms with van der Waals surface area (Å²) in [6.07, 6.45) is -0.824. The molecule has 0 spiro atoms. The molecule has 0 saturated heterocycles. The summed E-state index contributed by atoms with van der Waals surface area (Å²) in [4.78, 5) is 12.5. The van der Waals surface area contributed by atoms with Crippen molar-refractivity contribution in [2.75, 3.05) is 13.1 Å². The molecule has 3 nitrogen and oxygen atoms in total. The molecule has 0 aromatic heterocycles. The zero-order valence-corrected chi connectivity index (χ0v) is 10.2. The molecule has 0 aromatic rings. The standard InChI is InChI=1S/C11H23NO2/c1-10(2,3)7-12(9(13)14)8-11(4,5)6/h7-8H2,1-6H3,(H,13,14). The van der Waals surface area contributed by atoms with Gasteiger partial charge in [-0.15, -0.1) is 0 Å². The highest BCUT2D eigenvalue weighted by Gasteiger charge is 2.24. The lowest BCUT2D eigenvalue weighted by Crippen LogP contribution is -2.41. The number of carbonyl (C=O) groups is 1. The van der Waals surface area contributed by atoms with Crippen LogP contribution in [0, 0.1) is 10.8 Å². The van der Waals surface area contributed by atoms with Gasteiger partial charge < -0.3 is 10.0 Å². The second-order valence-corrected chi connectivity index (χ2v) is 6.26. The second kappa shape index (κ2) is 4.20. The molecule has 0 atom stereocenters. The van der Waals surface area contributed by atoms with E-state index in [9.17, 15) is 4.79 Å². The summed E-state index contributed by atoms with van der Waals surface area (Å²) < 4.78 is 0. The van der Waals surface area contributed by atoms with Gasteiger partial charge in [0.15, 0.2) is 0 Å². The summed E-state index contributed by atoms with van der Waals surface area (Å²) in [6.45, 7) is 13.4. The van der Waals surface area contributed by atoms with Gasteiger partial charge in [0.05, 0.1) is 0 Å². The quantitative estimate of drug-likeness (QED) is 0.746. The Bertz CT molecular complexity index is 182. The largest absolute Gasteiger partial charge is 0.465 e. The first-order valence-electron chi connectivity index (χ1n) is 4.99. The van der Waals surface area contributed by atoms with Crippen LogP contribution in [0.15, 0.2) is 0 Å². The summed E-state index contributed by atoms with van der Waals surface area (Å²) in [5, 5.41) is 9.03. The predicted molar refractivity (Wildman–Crippen MR) is 58.5 cm³/mol. The van der Waals surface area contributed by atoms with Crippen molar-refractivity contribution in [1.82, 2.24) is 4.90 Å². The third-order valence-electron chi connectivity index (χ3n) is 1.60. The van der Waals surface area contributed by atoms with E-state index < -0.39 is 6.09 Å². The summed E-state index contributed by atoms with van der Waals surface area (Å²) in [6, 6.07) is 0. The van der Waals surface area contributed by atoms with Crippen LogP contribution >= 0.6 is 0 Å². The van der Waals surface area contributed by atoms with Crippen LogP contribution in [0.3, 0.4) is 0 Å². The van der Waals surface area contributed by atoms with Crippen LogP contribution in [0.25, 0.3) is 0 Å². The average molecular weight is 201 g/mol. The minimum absolute atomic E-state index is 0.0175. The number of amides is 1. The Labute approximate surface area is 87.1 Å². The van der Waals surface area contributed by atoms with Gasteiger partial charge in [0, 0.05) is 13.1 Å². The van der Waals surface area contributed by atoms with Crippen LogP contribution in [0.1, 0.15) is 41.5 Å². The average Bonchev–Trinajstić information content (AvgIpc) is 1.78. The van der Waals surface area contributed by atoms with Crippen LogP contribution in [-0.4, -0.2) is 29.2 Å². The first-order valence-corrected chi connectivity index (χ1v) is 4.99. The Morgan fingerprint density at radius 3 is 1.43 bits per heavy atom. The van der Waals surface area contributed by atoms with Crippen LogP contribution in [0.5, 0.6) is 0 Å². The highest BCUT2D eigenvalue weighted by Crippen LogP contribution is 2.20. The summed E-state index contributed by atoms with van der Waals surface area (Å²) in [7, 11) is 0. The van der Waals surface area contributed by atoms with E-state index in [1.165, 1.54) is 4.90 Å². The van der Waals surface area contributed by atoms with Crippen molar-refractivity contribution in [3.05, 3.63) is 0 Å². The van der Waals surface area contributed by atoms with Gasteiger partial charge in [-0.2, -0.15) is 0 Å². The predicted octanol–water partition coefficient (Wildman–Crippen LogP) is 3.06. The minimum Gasteiger partial charge on any atom is -0.465 e. The molecular weight excluding hydrogens is 178 g/mol. The lowest BCUT2D eigenvalue weighted by atomic mass is 9.92. The SMILES string of the molecule is CC(C)(C)CN(CC(C)(C)C)C(=O)O. The molecule has 3 heteroatoms. The number of hydrogen-bond acceptors (Lipinski definition) is 1. The molecule has 0 heterocycles. The molecule has 0 aliphatic heterocycles. The van der Waals surface area contributed by atoms with Gasteiger partial charge in [-0.05, 0) is 10.8 Å². The van der Waals surface area contributed by atoms with E-state index in [2.05, 4.69) is 0 Å². The van der Waals surface area contributed by atoms with Crippen molar-refractivity contribution in [3.8, 4) is 0 Å². The van der Waals surface area contributed by atoms with Crippen molar-refractivity contribution in [1.29, 1.82) is 0 Å². The van der Waals surface area contributed by atoms with Crippen LogP contribution < -0.4 is 0 Å². The summed E-state index contributed by atoms with van der Waals surface area (Å²) in [5.41, 5.74) is 0.0350. The zero-order chi connectivity index (χ0) is 11.6. The lowest BCUT2D eigenvalue weighted by Gasteiger charge is -2.32. The van der Waals surface area contributed by atoms with Gasteiger partial charge in [0.2, 0.25) is 0 Å². The maximum absolute atomic E-state index is 11.0. The van der Waals surface area contributed by atoms with Crippen molar-refractivity contribution < 1.29 is 9.90 Å². The highest BCUT2D eigenvalue weighted by atomic mass is 16.4. The first kappa shape index (κ1) is 13.3. The molecule has 14 heavy (non-hydrogen) atoms. The van der Waals surface area contributed by atoms with Crippen molar-refractivity contribution in [3.63, 3.8) is 0 Å². The zero-order valence-electron chi connectivity index (χ0n) is 10.2. The van der Waals surface area contributed by atoms with E-state index in [1.54, 1.807) is 0 Å². The van der Waals surface area contributed by atoms with Gasteiger partial charge in [-0.3, -0.25) is 0 Å². The Hall–Kier alpha value is -0.730. The Kier molecular flexibility index (Phi) is 3.98. The topological polar surface area (TPSA) is 40.5 Å². The molecule has 0 unspecified atom stereocenters. The van der Waals surface area contributed by atoms with E-state index in [1.807, 2.05) is 41.5 Å². The molecule has 0 fully saturated rings. The second-order valence-electron chi connectivity index (χ2n) is 6.26. The van der Waals surface area contributed by atoms with E-state index in [0.29, 0.717) is 13.1 Å². The van der Waals surface area contributed by atoms with Gasteiger partial charge in [-0.1, -0.05) is 41.5 Å². The van der Waals surface area contributed by atoms with Gasteiger partial charge in [-0.25, -0.2) is 4.79 Å². The number of nitrogens with zero attached hydrogens (tertiary/aromatic N) is 1. The maximum Gasteiger partial charge on any atom is 0.407 e. The molecule has 84 valence electrons. The first-order chi connectivity index (χ1) is 6.01. The maximum atomic E-state index is 11.0. The Morgan fingerprint density at radius 2 is 1.29 bits per heavy atom. The Morgan fingerprint density at radius 1 is 1.00 bits per heavy atom. The third-order valence-corrected chi connectivity index (χ3v) is 1.60. The highest BCUT2D eigenvalue weighted by molar-refractivity contribution is 5.65. The number of hydrogen-bond donors (Lipinski definition) is 1. The third kappa shape index (κ3) is 6.75. The monoisotopic (exact) mass is 201 g/mol. The van der Waals surface area contributed by atoms with E-state index in [-0.39, 0.29) is 10.8 Å². The molecule has 0 aromatic carbocycles.